The first-order valence-corrected chi connectivity index (χ1v) is 7.39. The van der Waals surface area contributed by atoms with E-state index in [1.54, 1.807) is 0 Å². The summed E-state index contributed by atoms with van der Waals surface area (Å²) in [5.41, 5.74) is 0. The summed E-state index contributed by atoms with van der Waals surface area (Å²) in [4.78, 5) is 0. The Bertz CT molecular complexity index is 195. The molecule has 0 aromatic carbocycles. The van der Waals surface area contributed by atoms with Crippen LogP contribution in [0, 0.1) is 17.8 Å². The van der Waals surface area contributed by atoms with E-state index in [1.807, 2.05) is 0 Å². The van der Waals surface area contributed by atoms with Gasteiger partial charge < -0.3 is 5.32 Å². The highest BCUT2D eigenvalue weighted by Gasteiger charge is 2.26. The molecule has 2 aliphatic rings. The SMILES string of the molecule is CC1CCC(NC2CC(C)CC(C)C2)CC1. The van der Waals surface area contributed by atoms with Crippen molar-refractivity contribution in [1.82, 2.24) is 5.32 Å². The van der Waals surface area contributed by atoms with Gasteiger partial charge in [-0.1, -0.05) is 20.8 Å². The van der Waals surface area contributed by atoms with E-state index in [2.05, 4.69) is 26.1 Å². The van der Waals surface area contributed by atoms with Crippen molar-refractivity contribution >= 4 is 0 Å². The monoisotopic (exact) mass is 223 g/mol. The van der Waals surface area contributed by atoms with Crippen molar-refractivity contribution in [2.45, 2.75) is 77.8 Å². The fraction of sp³-hybridized carbons (Fsp3) is 1.00. The van der Waals surface area contributed by atoms with Gasteiger partial charge in [0.15, 0.2) is 0 Å². The fourth-order valence-electron chi connectivity index (χ4n) is 3.84. The molecule has 2 unspecified atom stereocenters. The summed E-state index contributed by atoms with van der Waals surface area (Å²) in [7, 11) is 0. The predicted molar refractivity (Wildman–Crippen MR) is 70.5 cm³/mol. The van der Waals surface area contributed by atoms with Crippen molar-refractivity contribution in [1.29, 1.82) is 0 Å². The number of hydrogen-bond donors (Lipinski definition) is 1. The van der Waals surface area contributed by atoms with Crippen LogP contribution in [0.15, 0.2) is 0 Å². The minimum Gasteiger partial charge on any atom is -0.311 e. The second-order valence-electron chi connectivity index (χ2n) is 6.74. The standard InChI is InChI=1S/C15H29N/c1-11-4-6-14(7-5-11)16-15-9-12(2)8-13(3)10-15/h11-16H,4-10H2,1-3H3. The molecule has 0 saturated heterocycles. The van der Waals surface area contributed by atoms with Crippen LogP contribution in [0.25, 0.3) is 0 Å². The number of hydrogen-bond acceptors (Lipinski definition) is 1. The maximum Gasteiger partial charge on any atom is 0.00747 e. The van der Waals surface area contributed by atoms with E-state index in [9.17, 15) is 0 Å². The summed E-state index contributed by atoms with van der Waals surface area (Å²) in [5.74, 6) is 2.84. The van der Waals surface area contributed by atoms with Gasteiger partial charge in [0, 0.05) is 12.1 Å². The minimum atomic E-state index is 0.817. The molecule has 1 N–H and O–H groups in total. The number of nitrogens with one attached hydrogen (secondary N) is 1. The Hall–Kier alpha value is -0.0400. The van der Waals surface area contributed by atoms with Gasteiger partial charge in [-0.15, -0.1) is 0 Å². The van der Waals surface area contributed by atoms with E-state index < -0.39 is 0 Å². The molecule has 2 rings (SSSR count). The Labute approximate surface area is 101 Å². The zero-order valence-electron chi connectivity index (χ0n) is 11.3. The molecule has 2 aliphatic carbocycles. The molecule has 0 radical (unpaired) electrons. The maximum absolute atomic E-state index is 3.94. The predicted octanol–water partition coefficient (Wildman–Crippen LogP) is 3.98. The Morgan fingerprint density at radius 1 is 0.625 bits per heavy atom. The maximum atomic E-state index is 3.94. The normalized spacial score (nSPS) is 45.6. The van der Waals surface area contributed by atoms with E-state index in [1.165, 1.54) is 44.9 Å². The molecule has 0 aromatic rings. The summed E-state index contributed by atoms with van der Waals surface area (Å²) >= 11 is 0. The summed E-state index contributed by atoms with van der Waals surface area (Å²) in [6, 6.07) is 1.65. The lowest BCUT2D eigenvalue weighted by Crippen LogP contribution is -2.43. The Kier molecular flexibility index (Phi) is 4.29. The van der Waals surface area contributed by atoms with Gasteiger partial charge in [0.1, 0.15) is 0 Å². The molecule has 0 aliphatic heterocycles. The molecule has 0 aromatic heterocycles. The molecule has 0 spiro atoms. The second-order valence-corrected chi connectivity index (χ2v) is 6.74. The van der Waals surface area contributed by atoms with Gasteiger partial charge in [-0.05, 0) is 62.7 Å². The van der Waals surface area contributed by atoms with Crippen LogP contribution in [0.4, 0.5) is 0 Å². The average molecular weight is 223 g/mol. The van der Waals surface area contributed by atoms with Gasteiger partial charge in [-0.3, -0.25) is 0 Å². The largest absolute Gasteiger partial charge is 0.311 e. The summed E-state index contributed by atoms with van der Waals surface area (Å²) in [5, 5.41) is 3.94. The van der Waals surface area contributed by atoms with E-state index >= 15 is 0 Å². The highest BCUT2D eigenvalue weighted by molar-refractivity contribution is 4.84. The first kappa shape index (κ1) is 12.4. The van der Waals surface area contributed by atoms with Crippen LogP contribution < -0.4 is 5.32 Å². The van der Waals surface area contributed by atoms with E-state index in [0.29, 0.717) is 0 Å². The van der Waals surface area contributed by atoms with Crippen LogP contribution in [0.1, 0.15) is 65.7 Å². The van der Waals surface area contributed by atoms with Crippen LogP contribution >= 0.6 is 0 Å². The van der Waals surface area contributed by atoms with Crippen molar-refractivity contribution in [3.05, 3.63) is 0 Å². The Morgan fingerprint density at radius 3 is 1.75 bits per heavy atom. The van der Waals surface area contributed by atoms with Gasteiger partial charge in [0.2, 0.25) is 0 Å². The quantitative estimate of drug-likeness (QED) is 0.746. The number of rotatable bonds is 2. The zero-order valence-corrected chi connectivity index (χ0v) is 11.3. The molecule has 0 bridgehead atoms. The van der Waals surface area contributed by atoms with Gasteiger partial charge in [0.25, 0.3) is 0 Å². The third-order valence-corrected chi connectivity index (χ3v) is 4.67. The van der Waals surface area contributed by atoms with Gasteiger partial charge in [-0.2, -0.15) is 0 Å². The average Bonchev–Trinajstić information content (AvgIpc) is 2.20. The highest BCUT2D eigenvalue weighted by atomic mass is 15.0. The van der Waals surface area contributed by atoms with E-state index in [4.69, 9.17) is 0 Å². The van der Waals surface area contributed by atoms with Gasteiger partial charge >= 0.3 is 0 Å². The molecule has 2 atom stereocenters. The highest BCUT2D eigenvalue weighted by Crippen LogP contribution is 2.30. The van der Waals surface area contributed by atoms with Gasteiger partial charge in [-0.25, -0.2) is 0 Å². The van der Waals surface area contributed by atoms with E-state index in [0.717, 1.165) is 29.8 Å². The fourth-order valence-corrected chi connectivity index (χ4v) is 3.84. The minimum absolute atomic E-state index is 0.817. The van der Waals surface area contributed by atoms with Crippen molar-refractivity contribution in [3.63, 3.8) is 0 Å². The lowest BCUT2D eigenvalue weighted by Gasteiger charge is -2.36. The summed E-state index contributed by atoms with van der Waals surface area (Å²) < 4.78 is 0. The molecule has 2 fully saturated rings. The third kappa shape index (κ3) is 3.48. The summed E-state index contributed by atoms with van der Waals surface area (Å²) in [6.45, 7) is 7.25. The Balaban J connectivity index is 1.76. The van der Waals surface area contributed by atoms with Crippen LogP contribution in [-0.2, 0) is 0 Å². The van der Waals surface area contributed by atoms with Crippen molar-refractivity contribution in [2.75, 3.05) is 0 Å². The van der Waals surface area contributed by atoms with Crippen molar-refractivity contribution in [3.8, 4) is 0 Å². The lowest BCUT2D eigenvalue weighted by atomic mass is 9.79. The molecule has 2 saturated carbocycles. The van der Waals surface area contributed by atoms with Crippen LogP contribution in [0.3, 0.4) is 0 Å². The Morgan fingerprint density at radius 2 is 1.19 bits per heavy atom. The topological polar surface area (TPSA) is 12.0 Å². The zero-order chi connectivity index (χ0) is 11.5. The smallest absolute Gasteiger partial charge is 0.00747 e. The van der Waals surface area contributed by atoms with E-state index in [-0.39, 0.29) is 0 Å². The molecule has 1 nitrogen and oxygen atoms in total. The molecule has 0 amide bonds. The third-order valence-electron chi connectivity index (χ3n) is 4.67. The van der Waals surface area contributed by atoms with Crippen LogP contribution in [0.2, 0.25) is 0 Å². The lowest BCUT2D eigenvalue weighted by molar-refractivity contribution is 0.202. The van der Waals surface area contributed by atoms with Crippen LogP contribution in [0.5, 0.6) is 0 Å². The second kappa shape index (κ2) is 5.53. The summed E-state index contributed by atoms with van der Waals surface area (Å²) in [6.07, 6.45) is 9.98. The van der Waals surface area contributed by atoms with Crippen molar-refractivity contribution in [2.24, 2.45) is 17.8 Å². The molecule has 94 valence electrons. The van der Waals surface area contributed by atoms with Crippen LogP contribution in [-0.4, -0.2) is 12.1 Å². The molecular formula is C15H29N. The molecule has 16 heavy (non-hydrogen) atoms. The molecule has 0 heterocycles. The van der Waals surface area contributed by atoms with Crippen molar-refractivity contribution < 1.29 is 0 Å². The van der Waals surface area contributed by atoms with Gasteiger partial charge in [0.05, 0.1) is 0 Å². The molecule has 1 heteroatoms. The molecular weight excluding hydrogens is 194 g/mol. The first-order valence-electron chi connectivity index (χ1n) is 7.39. The first-order chi connectivity index (χ1) is 7.63.